The summed E-state index contributed by atoms with van der Waals surface area (Å²) in [5, 5.41) is 17.6. The Morgan fingerprint density at radius 3 is 2.59 bits per heavy atom. The van der Waals surface area contributed by atoms with Gasteiger partial charge in [-0.15, -0.1) is 9.19 Å². The molecule has 0 amide bonds. The Kier molecular flexibility index (Phi) is 4.58. The van der Waals surface area contributed by atoms with Gasteiger partial charge in [0, 0.05) is 16.1 Å². The molecular weight excluding hydrogens is 412 g/mol. The topological polar surface area (TPSA) is 127 Å². The highest BCUT2D eigenvalue weighted by Gasteiger charge is 2.25. The van der Waals surface area contributed by atoms with Gasteiger partial charge in [-0.25, -0.2) is 0 Å². The van der Waals surface area contributed by atoms with Crippen LogP contribution >= 0.6 is 11.6 Å². The zero-order valence-electron chi connectivity index (χ0n) is 14.7. The third kappa shape index (κ3) is 3.47. The van der Waals surface area contributed by atoms with E-state index in [1.165, 1.54) is 6.07 Å². The van der Waals surface area contributed by atoms with Crippen molar-refractivity contribution >= 4 is 50.0 Å². The van der Waals surface area contributed by atoms with Crippen molar-refractivity contribution in [3.63, 3.8) is 0 Å². The molecule has 0 aliphatic rings. The van der Waals surface area contributed by atoms with Crippen LogP contribution in [0.4, 0.5) is 17.6 Å². The van der Waals surface area contributed by atoms with Crippen molar-refractivity contribution in [3.8, 4) is 6.07 Å². The highest BCUT2D eigenvalue weighted by Crippen LogP contribution is 2.27. The van der Waals surface area contributed by atoms with Crippen LogP contribution in [-0.4, -0.2) is 22.6 Å². The summed E-state index contributed by atoms with van der Waals surface area (Å²) < 4.78 is 27.1. The number of nitrogens with one attached hydrogen (secondary N) is 1. The summed E-state index contributed by atoms with van der Waals surface area (Å²) in [6, 6.07) is 18.3. The number of nitriles is 1. The van der Waals surface area contributed by atoms with Crippen molar-refractivity contribution < 1.29 is 8.42 Å². The van der Waals surface area contributed by atoms with E-state index >= 15 is 0 Å². The van der Waals surface area contributed by atoms with Crippen LogP contribution in [0.25, 0.3) is 10.8 Å². The number of halogens is 1. The van der Waals surface area contributed by atoms with E-state index in [9.17, 15) is 8.42 Å². The van der Waals surface area contributed by atoms with Crippen LogP contribution in [0.15, 0.2) is 65.6 Å². The molecule has 0 bridgehead atoms. The maximum Gasteiger partial charge on any atom is 0.286 e. The highest BCUT2D eigenvalue weighted by molar-refractivity contribution is 7.90. The number of rotatable bonds is 4. The molecule has 0 radical (unpaired) electrons. The van der Waals surface area contributed by atoms with Crippen LogP contribution in [0.2, 0.25) is 5.02 Å². The normalized spacial score (nSPS) is 11.3. The van der Waals surface area contributed by atoms with Crippen LogP contribution in [0.1, 0.15) is 5.56 Å². The summed E-state index contributed by atoms with van der Waals surface area (Å²) >= 11 is 5.86. The lowest BCUT2D eigenvalue weighted by Gasteiger charge is -2.08. The lowest BCUT2D eigenvalue weighted by molar-refractivity contribution is 0.582. The van der Waals surface area contributed by atoms with E-state index in [2.05, 4.69) is 15.4 Å². The lowest BCUT2D eigenvalue weighted by atomic mass is 10.1. The Labute approximate surface area is 171 Å². The third-order valence-electron chi connectivity index (χ3n) is 4.18. The van der Waals surface area contributed by atoms with Gasteiger partial charge in [0.2, 0.25) is 11.9 Å². The van der Waals surface area contributed by atoms with Gasteiger partial charge in [0.1, 0.15) is 0 Å². The molecule has 29 heavy (non-hydrogen) atoms. The summed E-state index contributed by atoms with van der Waals surface area (Å²) in [7, 11) is -4.12. The SMILES string of the molecule is N#Cc1ccc2c(S(=O)(=O)n3nc(Nc4ccc(Cl)cc4)nc3N)cccc2c1. The van der Waals surface area contributed by atoms with Crippen LogP contribution in [0, 0.1) is 11.3 Å². The molecule has 4 aromatic rings. The molecule has 0 aliphatic heterocycles. The van der Waals surface area contributed by atoms with Gasteiger partial charge >= 0.3 is 0 Å². The monoisotopic (exact) mass is 424 g/mol. The average molecular weight is 425 g/mol. The first-order valence-corrected chi connectivity index (χ1v) is 10.1. The minimum atomic E-state index is -4.12. The molecule has 0 aliphatic carbocycles. The number of nitrogens with two attached hydrogens (primary N) is 1. The van der Waals surface area contributed by atoms with E-state index in [0.29, 0.717) is 31.1 Å². The van der Waals surface area contributed by atoms with Crippen LogP contribution in [0.3, 0.4) is 0 Å². The lowest BCUT2D eigenvalue weighted by Crippen LogP contribution is -2.17. The van der Waals surface area contributed by atoms with Crippen molar-refractivity contribution in [2.45, 2.75) is 4.90 Å². The molecule has 3 aromatic carbocycles. The Bertz CT molecular complexity index is 1370. The minimum absolute atomic E-state index is 0.00846. The van der Waals surface area contributed by atoms with E-state index in [4.69, 9.17) is 22.6 Å². The summed E-state index contributed by atoms with van der Waals surface area (Å²) in [5.74, 6) is -0.257. The van der Waals surface area contributed by atoms with Gasteiger partial charge in [-0.05, 0) is 47.9 Å². The fourth-order valence-electron chi connectivity index (χ4n) is 2.84. The summed E-state index contributed by atoms with van der Waals surface area (Å²) in [6.07, 6.45) is 0. The second-order valence-electron chi connectivity index (χ2n) is 6.08. The van der Waals surface area contributed by atoms with Crippen molar-refractivity contribution in [1.29, 1.82) is 5.26 Å². The number of aromatic nitrogens is 3. The largest absolute Gasteiger partial charge is 0.367 e. The van der Waals surface area contributed by atoms with E-state index in [1.807, 2.05) is 6.07 Å². The average Bonchev–Trinajstić information content (AvgIpc) is 3.09. The predicted octanol–water partition coefficient (Wildman–Crippen LogP) is 3.52. The van der Waals surface area contributed by atoms with Gasteiger partial charge in [-0.3, -0.25) is 0 Å². The second-order valence-corrected chi connectivity index (χ2v) is 8.25. The zero-order chi connectivity index (χ0) is 20.6. The van der Waals surface area contributed by atoms with Gasteiger partial charge in [-0.2, -0.15) is 18.7 Å². The molecular formula is C19H13ClN6O2S. The standard InChI is InChI=1S/C19H13ClN6O2S/c20-14-5-7-15(8-6-14)23-19-24-18(22)26(25-19)29(27,28)17-3-1-2-13-10-12(11-21)4-9-16(13)17/h1-10H,(H3,22,23,24,25). The van der Waals surface area contributed by atoms with Gasteiger partial charge in [0.05, 0.1) is 16.5 Å². The Morgan fingerprint density at radius 1 is 1.10 bits per heavy atom. The molecule has 10 heteroatoms. The molecule has 0 saturated heterocycles. The van der Waals surface area contributed by atoms with Crippen molar-refractivity contribution in [2.75, 3.05) is 11.1 Å². The first-order valence-electron chi connectivity index (χ1n) is 8.32. The fourth-order valence-corrected chi connectivity index (χ4v) is 4.34. The quantitative estimate of drug-likeness (QED) is 0.513. The van der Waals surface area contributed by atoms with E-state index < -0.39 is 10.0 Å². The summed E-state index contributed by atoms with van der Waals surface area (Å²) in [4.78, 5) is 4.00. The molecule has 1 heterocycles. The number of benzene rings is 3. The minimum Gasteiger partial charge on any atom is -0.367 e. The zero-order valence-corrected chi connectivity index (χ0v) is 16.3. The number of hydrogen-bond donors (Lipinski definition) is 2. The predicted molar refractivity (Wildman–Crippen MR) is 110 cm³/mol. The van der Waals surface area contributed by atoms with Gasteiger partial charge in [0.25, 0.3) is 10.0 Å². The number of nitrogen functional groups attached to an aromatic ring is 1. The van der Waals surface area contributed by atoms with Gasteiger partial charge in [-0.1, -0.05) is 29.8 Å². The molecule has 0 fully saturated rings. The van der Waals surface area contributed by atoms with E-state index in [0.717, 1.165) is 0 Å². The maximum atomic E-state index is 13.2. The second kappa shape index (κ2) is 7.09. The smallest absolute Gasteiger partial charge is 0.286 e. The van der Waals surface area contributed by atoms with Gasteiger partial charge < -0.3 is 11.1 Å². The third-order valence-corrected chi connectivity index (χ3v) is 6.07. The Morgan fingerprint density at radius 2 is 1.86 bits per heavy atom. The van der Waals surface area contributed by atoms with Crippen LogP contribution < -0.4 is 11.1 Å². The van der Waals surface area contributed by atoms with E-state index in [-0.39, 0.29) is 16.8 Å². The van der Waals surface area contributed by atoms with Gasteiger partial charge in [0.15, 0.2) is 0 Å². The first-order chi connectivity index (χ1) is 13.9. The number of nitrogens with zero attached hydrogens (tertiary/aromatic N) is 4. The van der Waals surface area contributed by atoms with Crippen molar-refractivity contribution in [1.82, 2.24) is 14.2 Å². The molecule has 1 aromatic heterocycles. The highest BCUT2D eigenvalue weighted by atomic mass is 35.5. The molecule has 144 valence electrons. The molecule has 8 nitrogen and oxygen atoms in total. The number of fused-ring (bicyclic) bond motifs is 1. The summed E-state index contributed by atoms with van der Waals surface area (Å²) in [6.45, 7) is 0. The van der Waals surface area contributed by atoms with Crippen molar-refractivity contribution in [3.05, 3.63) is 71.2 Å². The molecule has 4 rings (SSSR count). The molecule has 3 N–H and O–H groups in total. The summed E-state index contributed by atoms with van der Waals surface area (Å²) in [5.41, 5.74) is 6.89. The van der Waals surface area contributed by atoms with Crippen LogP contribution in [0.5, 0.6) is 0 Å². The van der Waals surface area contributed by atoms with E-state index in [1.54, 1.807) is 54.6 Å². The fraction of sp³-hybridized carbons (Fsp3) is 0. The maximum absolute atomic E-state index is 13.2. The molecule has 0 spiro atoms. The first kappa shape index (κ1) is 18.7. The van der Waals surface area contributed by atoms with Crippen molar-refractivity contribution in [2.24, 2.45) is 0 Å². The van der Waals surface area contributed by atoms with Crippen LogP contribution in [-0.2, 0) is 10.0 Å². The molecule has 0 atom stereocenters. The molecule has 0 saturated carbocycles. The molecule has 0 unspecified atom stereocenters. The Hall–Kier alpha value is -3.61. The Balaban J connectivity index is 1.77. The number of anilines is 3. The number of hydrogen-bond acceptors (Lipinski definition) is 7.